The Hall–Kier alpha value is -0.0151. The van der Waals surface area contributed by atoms with Crippen LogP contribution in [-0.4, -0.2) is 18.5 Å². The smallest absolute Gasteiger partial charge is 0.310 e. The molecular formula is C13H24BNO. The van der Waals surface area contributed by atoms with Crippen molar-refractivity contribution in [1.82, 2.24) is 0 Å². The number of hydrogen-bond donors (Lipinski definition) is 1. The lowest BCUT2D eigenvalue weighted by molar-refractivity contribution is -0.197. The van der Waals surface area contributed by atoms with Crippen molar-refractivity contribution in [2.45, 2.75) is 58.4 Å². The molecule has 4 fully saturated rings. The van der Waals surface area contributed by atoms with Gasteiger partial charge in [-0.15, -0.1) is 0 Å². The molecule has 0 aromatic carbocycles. The SMILES string of the molecule is C[C@H](N)B1C[C@@H]2CC3CC(C3(C)C)[C@]2(C)O1. The molecule has 2 bridgehead atoms. The van der Waals surface area contributed by atoms with Crippen LogP contribution in [0.2, 0.25) is 6.32 Å². The van der Waals surface area contributed by atoms with Gasteiger partial charge in [-0.3, -0.25) is 0 Å². The summed E-state index contributed by atoms with van der Waals surface area (Å²) in [7, 11) is 0. The van der Waals surface area contributed by atoms with E-state index in [1.165, 1.54) is 19.2 Å². The van der Waals surface area contributed by atoms with Gasteiger partial charge in [-0.25, -0.2) is 0 Å². The molecule has 4 aliphatic rings. The summed E-state index contributed by atoms with van der Waals surface area (Å²) < 4.78 is 6.38. The van der Waals surface area contributed by atoms with Crippen LogP contribution in [0.15, 0.2) is 0 Å². The molecule has 0 aromatic rings. The van der Waals surface area contributed by atoms with Gasteiger partial charge in [0.05, 0.1) is 5.60 Å². The number of rotatable bonds is 1. The summed E-state index contributed by atoms with van der Waals surface area (Å²) in [6, 6.07) is 0. The van der Waals surface area contributed by atoms with E-state index < -0.39 is 0 Å². The van der Waals surface area contributed by atoms with Crippen molar-refractivity contribution in [2.24, 2.45) is 28.9 Å². The largest absolute Gasteiger partial charge is 0.429 e. The third kappa shape index (κ3) is 1.17. The van der Waals surface area contributed by atoms with Crippen molar-refractivity contribution in [3.8, 4) is 0 Å². The average molecular weight is 221 g/mol. The van der Waals surface area contributed by atoms with Crippen molar-refractivity contribution in [2.75, 3.05) is 0 Å². The Morgan fingerprint density at radius 2 is 1.94 bits per heavy atom. The minimum Gasteiger partial charge on any atom is -0.429 e. The molecule has 2 unspecified atom stereocenters. The third-order valence-electron chi connectivity index (χ3n) is 6.05. The Labute approximate surface area is 99.4 Å². The molecule has 2 nitrogen and oxygen atoms in total. The molecule has 4 rings (SSSR count). The molecule has 0 aromatic heterocycles. The lowest BCUT2D eigenvalue weighted by Crippen LogP contribution is -2.63. The lowest BCUT2D eigenvalue weighted by atomic mass is 9.41. The summed E-state index contributed by atoms with van der Waals surface area (Å²) in [5.41, 5.74) is 6.63. The predicted molar refractivity (Wildman–Crippen MR) is 67.2 cm³/mol. The maximum atomic E-state index is 6.38. The molecule has 5 atom stereocenters. The van der Waals surface area contributed by atoms with Crippen LogP contribution < -0.4 is 5.73 Å². The Kier molecular flexibility index (Phi) is 2.12. The van der Waals surface area contributed by atoms with Gasteiger partial charge in [0, 0.05) is 5.94 Å². The summed E-state index contributed by atoms with van der Waals surface area (Å²) in [6.45, 7) is 9.58. The molecule has 3 heteroatoms. The molecule has 16 heavy (non-hydrogen) atoms. The quantitative estimate of drug-likeness (QED) is 0.689. The van der Waals surface area contributed by atoms with Crippen molar-refractivity contribution in [3.05, 3.63) is 0 Å². The maximum absolute atomic E-state index is 6.38. The van der Waals surface area contributed by atoms with Crippen molar-refractivity contribution >= 4 is 6.92 Å². The van der Waals surface area contributed by atoms with Crippen LogP contribution in [0.1, 0.15) is 40.5 Å². The van der Waals surface area contributed by atoms with Crippen molar-refractivity contribution < 1.29 is 4.65 Å². The zero-order valence-electron chi connectivity index (χ0n) is 11.0. The summed E-state index contributed by atoms with van der Waals surface area (Å²) in [5.74, 6) is 2.64. The Morgan fingerprint density at radius 3 is 2.50 bits per heavy atom. The summed E-state index contributed by atoms with van der Waals surface area (Å²) >= 11 is 0. The minimum atomic E-state index is 0.122. The first-order valence-electron chi connectivity index (χ1n) is 6.79. The normalized spacial score (nSPS) is 50.8. The van der Waals surface area contributed by atoms with Crippen LogP contribution in [0.3, 0.4) is 0 Å². The fraction of sp³-hybridized carbons (Fsp3) is 1.00. The highest BCUT2D eigenvalue weighted by molar-refractivity contribution is 6.54. The fourth-order valence-corrected chi connectivity index (χ4v) is 4.74. The highest BCUT2D eigenvalue weighted by Gasteiger charge is 2.66. The van der Waals surface area contributed by atoms with Crippen LogP contribution in [0.5, 0.6) is 0 Å². The molecule has 2 N–H and O–H groups in total. The Bertz CT molecular complexity index is 317. The summed E-state index contributed by atoms with van der Waals surface area (Å²) in [5, 5.41) is 0. The van der Waals surface area contributed by atoms with Crippen LogP contribution >= 0.6 is 0 Å². The van der Waals surface area contributed by atoms with E-state index in [1.807, 2.05) is 0 Å². The standard InChI is InChI=1S/C13H24BNO/c1-8(15)14-7-10-5-9-6-11(12(9,2)3)13(10,4)16-14/h8-11H,5-7,15H2,1-4H3/t8-,9?,10-,11?,13+/m0/s1. The van der Waals surface area contributed by atoms with Gasteiger partial charge >= 0.3 is 6.92 Å². The molecule has 90 valence electrons. The van der Waals surface area contributed by atoms with Crippen LogP contribution in [0.25, 0.3) is 0 Å². The molecule has 1 aliphatic heterocycles. The first-order valence-corrected chi connectivity index (χ1v) is 6.79. The molecule has 0 amide bonds. The molecule has 1 heterocycles. The van der Waals surface area contributed by atoms with Gasteiger partial charge in [-0.05, 0) is 49.3 Å². The van der Waals surface area contributed by atoms with Gasteiger partial charge in [0.15, 0.2) is 0 Å². The fourth-order valence-electron chi connectivity index (χ4n) is 4.74. The third-order valence-corrected chi connectivity index (χ3v) is 6.05. The second-order valence-electron chi connectivity index (χ2n) is 7.17. The van der Waals surface area contributed by atoms with E-state index in [4.69, 9.17) is 10.4 Å². The zero-order valence-corrected chi connectivity index (χ0v) is 11.0. The first-order chi connectivity index (χ1) is 7.35. The van der Waals surface area contributed by atoms with E-state index >= 15 is 0 Å². The lowest BCUT2D eigenvalue weighted by Gasteiger charge is -2.65. The van der Waals surface area contributed by atoms with E-state index in [9.17, 15) is 0 Å². The second kappa shape index (κ2) is 3.05. The summed E-state index contributed by atoms with van der Waals surface area (Å²) in [6.07, 6.45) is 3.94. The Balaban J connectivity index is 1.87. The Morgan fingerprint density at radius 1 is 1.25 bits per heavy atom. The average Bonchev–Trinajstić information content (AvgIpc) is 2.54. The number of nitrogens with two attached hydrogens (primary N) is 1. The van der Waals surface area contributed by atoms with Gasteiger partial charge in [0.2, 0.25) is 0 Å². The van der Waals surface area contributed by atoms with Gasteiger partial charge in [0.1, 0.15) is 0 Å². The van der Waals surface area contributed by atoms with E-state index in [0.717, 1.165) is 17.8 Å². The zero-order chi connectivity index (χ0) is 11.7. The van der Waals surface area contributed by atoms with E-state index in [0.29, 0.717) is 12.3 Å². The molecule has 1 saturated heterocycles. The topological polar surface area (TPSA) is 35.2 Å². The molecule has 3 aliphatic carbocycles. The first kappa shape index (κ1) is 11.1. The molecule has 3 saturated carbocycles. The monoisotopic (exact) mass is 221 g/mol. The highest BCUT2D eigenvalue weighted by atomic mass is 16.5. The molecule has 0 radical (unpaired) electrons. The molecular weight excluding hydrogens is 197 g/mol. The van der Waals surface area contributed by atoms with Crippen LogP contribution in [-0.2, 0) is 4.65 Å². The maximum Gasteiger partial charge on any atom is 0.310 e. The van der Waals surface area contributed by atoms with Gasteiger partial charge in [-0.2, -0.15) is 0 Å². The van der Waals surface area contributed by atoms with Crippen molar-refractivity contribution in [1.29, 1.82) is 0 Å². The van der Waals surface area contributed by atoms with Crippen molar-refractivity contribution in [3.63, 3.8) is 0 Å². The second-order valence-corrected chi connectivity index (χ2v) is 7.17. The van der Waals surface area contributed by atoms with E-state index in [1.54, 1.807) is 0 Å². The molecule has 0 spiro atoms. The van der Waals surface area contributed by atoms with Gasteiger partial charge < -0.3 is 10.4 Å². The van der Waals surface area contributed by atoms with Gasteiger partial charge in [-0.1, -0.05) is 20.8 Å². The minimum absolute atomic E-state index is 0.122. The number of hydrogen-bond acceptors (Lipinski definition) is 2. The summed E-state index contributed by atoms with van der Waals surface area (Å²) in [4.78, 5) is 0. The van der Waals surface area contributed by atoms with Gasteiger partial charge in [0.25, 0.3) is 0 Å². The van der Waals surface area contributed by atoms with E-state index in [-0.39, 0.29) is 11.5 Å². The van der Waals surface area contributed by atoms with Crippen LogP contribution in [0, 0.1) is 23.2 Å². The predicted octanol–water partition coefficient (Wildman–Crippen LogP) is 2.34. The van der Waals surface area contributed by atoms with Crippen LogP contribution in [0.4, 0.5) is 0 Å². The highest BCUT2D eigenvalue weighted by Crippen LogP contribution is 2.68. The van der Waals surface area contributed by atoms with E-state index in [2.05, 4.69) is 27.7 Å².